The molecule has 0 unspecified atom stereocenters. The highest BCUT2D eigenvalue weighted by molar-refractivity contribution is 5.23. The van der Waals surface area contributed by atoms with E-state index in [-0.39, 0.29) is 5.82 Å². The molecule has 0 radical (unpaired) electrons. The van der Waals surface area contributed by atoms with Crippen LogP contribution in [0.3, 0.4) is 0 Å². The number of nitrogens with one attached hydrogen (secondary N) is 1. The van der Waals surface area contributed by atoms with Crippen molar-refractivity contribution in [3.05, 3.63) is 53.6 Å². The highest BCUT2D eigenvalue weighted by Crippen LogP contribution is 2.44. The molecule has 0 bridgehead atoms. The monoisotopic (exact) mass is 300 g/mol. The Bertz CT molecular complexity index is 642. The number of hydrogen-bond acceptors (Lipinski definition) is 3. The smallest absolute Gasteiger partial charge is 0.123 e. The number of hydrogen-bond donors (Lipinski definition) is 1. The fourth-order valence-electron chi connectivity index (χ4n) is 4.29. The van der Waals surface area contributed by atoms with Crippen molar-refractivity contribution in [3.63, 3.8) is 0 Å². The minimum Gasteiger partial charge on any atom is -0.299 e. The van der Waals surface area contributed by atoms with Gasteiger partial charge in [-0.15, -0.1) is 0 Å². The Kier molecular flexibility index (Phi) is 3.47. The van der Waals surface area contributed by atoms with Crippen LogP contribution in [-0.4, -0.2) is 46.7 Å². The number of fused-ring (bicyclic) bond motifs is 1. The van der Waals surface area contributed by atoms with E-state index in [1.807, 2.05) is 18.5 Å². The summed E-state index contributed by atoms with van der Waals surface area (Å²) >= 11 is 0. The predicted molar refractivity (Wildman–Crippen MR) is 82.6 cm³/mol. The lowest BCUT2D eigenvalue weighted by molar-refractivity contribution is 0.224. The molecule has 2 fully saturated rings. The molecule has 2 aliphatic heterocycles. The Balaban J connectivity index is 1.52. The van der Waals surface area contributed by atoms with Crippen LogP contribution in [0.15, 0.2) is 36.7 Å². The first kappa shape index (κ1) is 13.9. The fourth-order valence-corrected chi connectivity index (χ4v) is 4.29. The molecular weight excluding hydrogens is 279 g/mol. The maximum absolute atomic E-state index is 13.6. The molecule has 116 valence electrons. The van der Waals surface area contributed by atoms with Crippen LogP contribution in [0.25, 0.3) is 0 Å². The van der Waals surface area contributed by atoms with E-state index < -0.39 is 0 Å². The quantitative estimate of drug-likeness (QED) is 0.944. The van der Waals surface area contributed by atoms with Gasteiger partial charge in [-0.05, 0) is 36.6 Å². The van der Waals surface area contributed by atoms with Crippen LogP contribution >= 0.6 is 0 Å². The first-order valence-electron chi connectivity index (χ1n) is 7.86. The van der Waals surface area contributed by atoms with E-state index >= 15 is 0 Å². The summed E-state index contributed by atoms with van der Waals surface area (Å²) in [6.45, 7) is 4.23. The standard InChI is InChI=1S/C17H21FN4/c1-21-9-14-10-22(8-12-6-19-20-7-12)11-16(14)17(21)13-3-2-4-15(18)5-13/h2-7,14,16-17H,8-11H2,1H3,(H,19,20)/t14-,16+,17-/m0/s1. The van der Waals surface area contributed by atoms with Crippen molar-refractivity contribution in [3.8, 4) is 0 Å². The van der Waals surface area contributed by atoms with Crippen LogP contribution in [0.5, 0.6) is 0 Å². The zero-order valence-corrected chi connectivity index (χ0v) is 12.7. The first-order valence-corrected chi connectivity index (χ1v) is 7.86. The average molecular weight is 300 g/mol. The summed E-state index contributed by atoms with van der Waals surface area (Å²) < 4.78 is 13.6. The zero-order chi connectivity index (χ0) is 15.1. The number of aromatic nitrogens is 2. The van der Waals surface area contributed by atoms with Gasteiger partial charge in [0.25, 0.3) is 0 Å². The molecule has 5 heteroatoms. The molecule has 2 aromatic rings. The molecule has 4 nitrogen and oxygen atoms in total. The number of likely N-dealkylation sites (tertiary alicyclic amines) is 2. The number of aromatic amines is 1. The SMILES string of the molecule is CN1C[C@H]2CN(Cc3cn[nH]c3)C[C@H]2[C@@H]1c1cccc(F)c1. The third-order valence-electron chi connectivity index (χ3n) is 5.12. The lowest BCUT2D eigenvalue weighted by Crippen LogP contribution is -2.28. The molecule has 3 atom stereocenters. The largest absolute Gasteiger partial charge is 0.299 e. The third kappa shape index (κ3) is 2.44. The lowest BCUT2D eigenvalue weighted by atomic mass is 9.89. The van der Waals surface area contributed by atoms with Gasteiger partial charge >= 0.3 is 0 Å². The van der Waals surface area contributed by atoms with Crippen molar-refractivity contribution in [2.24, 2.45) is 11.8 Å². The van der Waals surface area contributed by atoms with Crippen LogP contribution in [-0.2, 0) is 6.54 Å². The second-order valence-corrected chi connectivity index (χ2v) is 6.66. The Labute approximate surface area is 129 Å². The molecule has 2 saturated heterocycles. The molecule has 1 aromatic carbocycles. The van der Waals surface area contributed by atoms with Crippen molar-refractivity contribution in [2.75, 3.05) is 26.7 Å². The van der Waals surface area contributed by atoms with Crippen molar-refractivity contribution in [1.82, 2.24) is 20.0 Å². The molecule has 0 spiro atoms. The molecular formula is C17H21FN4. The van der Waals surface area contributed by atoms with E-state index in [2.05, 4.69) is 33.1 Å². The summed E-state index contributed by atoms with van der Waals surface area (Å²) in [5.41, 5.74) is 2.34. The molecule has 3 heterocycles. The Morgan fingerprint density at radius 3 is 3.00 bits per heavy atom. The number of nitrogens with zero attached hydrogens (tertiary/aromatic N) is 3. The van der Waals surface area contributed by atoms with Gasteiger partial charge in [-0.2, -0.15) is 5.10 Å². The summed E-state index contributed by atoms with van der Waals surface area (Å²) in [5.74, 6) is 1.12. The van der Waals surface area contributed by atoms with E-state index in [0.717, 1.165) is 31.7 Å². The maximum Gasteiger partial charge on any atom is 0.123 e. The third-order valence-corrected chi connectivity index (χ3v) is 5.12. The summed E-state index contributed by atoms with van der Waals surface area (Å²) in [4.78, 5) is 4.89. The summed E-state index contributed by atoms with van der Waals surface area (Å²) in [6, 6.07) is 7.43. The lowest BCUT2D eigenvalue weighted by Gasteiger charge is -2.26. The molecule has 2 aliphatic rings. The summed E-state index contributed by atoms with van der Waals surface area (Å²) in [6.07, 6.45) is 3.86. The molecule has 0 amide bonds. The van der Waals surface area contributed by atoms with Gasteiger partial charge in [0.15, 0.2) is 0 Å². The average Bonchev–Trinajstić information content (AvgIpc) is 3.15. The number of halogens is 1. The Morgan fingerprint density at radius 1 is 1.32 bits per heavy atom. The normalized spacial score (nSPS) is 29.1. The second kappa shape index (κ2) is 5.48. The van der Waals surface area contributed by atoms with E-state index in [0.29, 0.717) is 17.9 Å². The van der Waals surface area contributed by atoms with Gasteiger partial charge in [0.1, 0.15) is 5.82 Å². The van der Waals surface area contributed by atoms with Crippen LogP contribution in [0.4, 0.5) is 4.39 Å². The predicted octanol–water partition coefficient (Wildman–Crippen LogP) is 2.28. The summed E-state index contributed by atoms with van der Waals surface area (Å²) in [5, 5.41) is 6.89. The first-order chi connectivity index (χ1) is 10.7. The van der Waals surface area contributed by atoms with Crippen molar-refractivity contribution >= 4 is 0 Å². The van der Waals surface area contributed by atoms with Crippen LogP contribution in [0.2, 0.25) is 0 Å². The van der Waals surface area contributed by atoms with Crippen molar-refractivity contribution < 1.29 is 4.39 Å². The van der Waals surface area contributed by atoms with Gasteiger partial charge in [0, 0.05) is 44.0 Å². The maximum atomic E-state index is 13.6. The van der Waals surface area contributed by atoms with E-state index in [4.69, 9.17) is 0 Å². The van der Waals surface area contributed by atoms with E-state index in [9.17, 15) is 4.39 Å². The highest BCUT2D eigenvalue weighted by Gasteiger charge is 2.45. The van der Waals surface area contributed by atoms with Gasteiger partial charge in [-0.25, -0.2) is 4.39 Å². The van der Waals surface area contributed by atoms with Crippen molar-refractivity contribution in [2.45, 2.75) is 12.6 Å². The van der Waals surface area contributed by atoms with E-state index in [1.54, 1.807) is 6.07 Å². The summed E-state index contributed by atoms with van der Waals surface area (Å²) in [7, 11) is 2.16. The molecule has 22 heavy (non-hydrogen) atoms. The van der Waals surface area contributed by atoms with Gasteiger partial charge < -0.3 is 0 Å². The number of H-pyrrole nitrogens is 1. The van der Waals surface area contributed by atoms with Gasteiger partial charge in [0.2, 0.25) is 0 Å². The highest BCUT2D eigenvalue weighted by atomic mass is 19.1. The molecule has 0 saturated carbocycles. The molecule has 4 rings (SSSR count). The van der Waals surface area contributed by atoms with Gasteiger partial charge in [0.05, 0.1) is 6.20 Å². The fraction of sp³-hybridized carbons (Fsp3) is 0.471. The van der Waals surface area contributed by atoms with E-state index in [1.165, 1.54) is 11.6 Å². The zero-order valence-electron chi connectivity index (χ0n) is 12.7. The molecule has 1 aromatic heterocycles. The molecule has 1 N–H and O–H groups in total. The van der Waals surface area contributed by atoms with Crippen LogP contribution in [0, 0.1) is 17.7 Å². The second-order valence-electron chi connectivity index (χ2n) is 6.66. The topological polar surface area (TPSA) is 35.2 Å². The minimum absolute atomic E-state index is 0.136. The Hall–Kier alpha value is -1.72. The van der Waals surface area contributed by atoms with Gasteiger partial charge in [-0.3, -0.25) is 14.9 Å². The number of rotatable bonds is 3. The number of benzene rings is 1. The van der Waals surface area contributed by atoms with Crippen LogP contribution < -0.4 is 0 Å². The Morgan fingerprint density at radius 2 is 2.23 bits per heavy atom. The van der Waals surface area contributed by atoms with Crippen molar-refractivity contribution in [1.29, 1.82) is 0 Å². The van der Waals surface area contributed by atoms with Crippen LogP contribution in [0.1, 0.15) is 17.2 Å². The van der Waals surface area contributed by atoms with Gasteiger partial charge in [-0.1, -0.05) is 12.1 Å². The molecule has 0 aliphatic carbocycles. The minimum atomic E-state index is -0.136.